The number of halogens is 1. The molecule has 0 spiro atoms. The molecule has 1 amide bonds. The average molecular weight is 313 g/mol. The Bertz CT molecular complexity index is 424. The molecule has 0 bridgehead atoms. The van der Waals surface area contributed by atoms with Crippen LogP contribution in [0.15, 0.2) is 30.3 Å². The minimum absolute atomic E-state index is 0. The molecule has 1 saturated carbocycles. The first kappa shape index (κ1) is 18.0. The fourth-order valence-electron chi connectivity index (χ4n) is 2.56. The number of methoxy groups -OCH3 is 1. The van der Waals surface area contributed by atoms with E-state index in [-0.39, 0.29) is 31.0 Å². The molecule has 118 valence electrons. The number of hydrogen-bond donors (Lipinski definition) is 2. The van der Waals surface area contributed by atoms with Crippen LogP contribution in [0.3, 0.4) is 0 Å². The minimum atomic E-state index is -0.604. The van der Waals surface area contributed by atoms with Crippen LogP contribution < -0.4 is 11.1 Å². The minimum Gasteiger partial charge on any atom is -0.383 e. The van der Waals surface area contributed by atoms with Gasteiger partial charge in [0.05, 0.1) is 12.6 Å². The number of rotatable bonds is 7. The van der Waals surface area contributed by atoms with E-state index in [4.69, 9.17) is 10.5 Å². The van der Waals surface area contributed by atoms with Gasteiger partial charge in [-0.2, -0.15) is 0 Å². The Morgan fingerprint density at radius 1 is 1.38 bits per heavy atom. The summed E-state index contributed by atoms with van der Waals surface area (Å²) < 4.78 is 4.94. The van der Waals surface area contributed by atoms with Crippen molar-refractivity contribution in [2.45, 2.75) is 37.8 Å². The Morgan fingerprint density at radius 2 is 2.05 bits per heavy atom. The number of hydrogen-bond acceptors (Lipinski definition) is 3. The van der Waals surface area contributed by atoms with E-state index < -0.39 is 6.04 Å². The van der Waals surface area contributed by atoms with Gasteiger partial charge in [-0.1, -0.05) is 49.6 Å². The van der Waals surface area contributed by atoms with Gasteiger partial charge in [-0.25, -0.2) is 0 Å². The molecule has 0 saturated heterocycles. The van der Waals surface area contributed by atoms with Crippen molar-refractivity contribution in [1.29, 1.82) is 0 Å². The summed E-state index contributed by atoms with van der Waals surface area (Å²) in [7, 11) is 1.55. The van der Waals surface area contributed by atoms with E-state index in [0.717, 1.165) is 17.9 Å². The highest BCUT2D eigenvalue weighted by Crippen LogP contribution is 2.34. The van der Waals surface area contributed by atoms with Crippen LogP contribution in [0, 0.1) is 5.92 Å². The molecule has 21 heavy (non-hydrogen) atoms. The van der Waals surface area contributed by atoms with Crippen LogP contribution in [0.1, 0.15) is 37.3 Å². The Morgan fingerprint density at radius 3 is 2.57 bits per heavy atom. The third-order valence-electron chi connectivity index (χ3n) is 4.00. The highest BCUT2D eigenvalue weighted by molar-refractivity contribution is 5.85. The molecular formula is C16H25ClN2O2. The molecule has 3 N–H and O–H groups in total. The van der Waals surface area contributed by atoms with Crippen LogP contribution >= 0.6 is 12.4 Å². The largest absolute Gasteiger partial charge is 0.383 e. The van der Waals surface area contributed by atoms with Gasteiger partial charge in [0.2, 0.25) is 5.91 Å². The van der Waals surface area contributed by atoms with Crippen LogP contribution in [0.2, 0.25) is 0 Å². The van der Waals surface area contributed by atoms with Gasteiger partial charge in [0.1, 0.15) is 6.04 Å². The molecule has 0 aromatic heterocycles. The average Bonchev–Trinajstić information content (AvgIpc) is 2.42. The van der Waals surface area contributed by atoms with E-state index in [2.05, 4.69) is 17.4 Å². The van der Waals surface area contributed by atoms with E-state index in [1.807, 2.05) is 18.2 Å². The predicted octanol–water partition coefficient (Wildman–Crippen LogP) is 2.43. The van der Waals surface area contributed by atoms with E-state index in [1.165, 1.54) is 19.3 Å². The zero-order chi connectivity index (χ0) is 14.4. The highest BCUT2D eigenvalue weighted by atomic mass is 35.5. The van der Waals surface area contributed by atoms with Gasteiger partial charge in [0.15, 0.2) is 0 Å². The van der Waals surface area contributed by atoms with Crippen molar-refractivity contribution in [3.05, 3.63) is 35.9 Å². The van der Waals surface area contributed by atoms with Crippen molar-refractivity contribution in [1.82, 2.24) is 5.32 Å². The van der Waals surface area contributed by atoms with Gasteiger partial charge in [-0.05, 0) is 17.9 Å². The normalized spacial score (nSPS) is 17.2. The number of benzene rings is 1. The van der Waals surface area contributed by atoms with Gasteiger partial charge >= 0.3 is 0 Å². The lowest BCUT2D eigenvalue weighted by molar-refractivity contribution is -0.124. The molecule has 2 unspecified atom stereocenters. The summed E-state index contributed by atoms with van der Waals surface area (Å²) >= 11 is 0. The molecule has 4 nitrogen and oxygen atoms in total. The number of nitrogens with two attached hydrogens (primary N) is 1. The third-order valence-corrected chi connectivity index (χ3v) is 4.00. The quantitative estimate of drug-likeness (QED) is 0.812. The molecule has 1 aliphatic carbocycles. The monoisotopic (exact) mass is 312 g/mol. The van der Waals surface area contributed by atoms with E-state index in [1.54, 1.807) is 7.11 Å². The van der Waals surface area contributed by atoms with Gasteiger partial charge in [-0.3, -0.25) is 4.79 Å². The summed E-state index contributed by atoms with van der Waals surface area (Å²) in [5, 5.41) is 3.07. The maximum atomic E-state index is 12.1. The van der Waals surface area contributed by atoms with Crippen molar-refractivity contribution in [3.63, 3.8) is 0 Å². The maximum Gasteiger partial charge on any atom is 0.239 e. The van der Waals surface area contributed by atoms with Gasteiger partial charge in [-0.15, -0.1) is 12.4 Å². The van der Waals surface area contributed by atoms with E-state index >= 15 is 0 Å². The van der Waals surface area contributed by atoms with Gasteiger partial charge in [0.25, 0.3) is 0 Å². The number of carbonyl (C=O) groups is 1. The Hall–Kier alpha value is -1.10. The lowest BCUT2D eigenvalue weighted by Crippen LogP contribution is -2.45. The van der Waals surface area contributed by atoms with Crippen molar-refractivity contribution in [2.75, 3.05) is 13.7 Å². The smallest absolute Gasteiger partial charge is 0.239 e. The number of carbonyl (C=O) groups excluding carboxylic acids is 1. The van der Waals surface area contributed by atoms with Crippen molar-refractivity contribution in [3.8, 4) is 0 Å². The van der Waals surface area contributed by atoms with E-state index in [0.29, 0.717) is 0 Å². The highest BCUT2D eigenvalue weighted by Gasteiger charge is 2.25. The standard InChI is InChI=1S/C16H24N2O2.ClH/c1-20-11-14(17)16(19)18-15(10-12-6-5-7-12)13-8-3-2-4-9-13;/h2-4,8-9,12,14-15H,5-7,10-11,17H2,1H3,(H,18,19);1H. The summed E-state index contributed by atoms with van der Waals surface area (Å²) in [6.45, 7) is 0.247. The molecule has 1 aromatic rings. The van der Waals surface area contributed by atoms with Gasteiger partial charge in [0, 0.05) is 7.11 Å². The van der Waals surface area contributed by atoms with Gasteiger partial charge < -0.3 is 15.8 Å². The molecular weight excluding hydrogens is 288 g/mol. The van der Waals surface area contributed by atoms with Crippen LogP contribution in [0.4, 0.5) is 0 Å². The number of ether oxygens (including phenoxy) is 1. The summed E-state index contributed by atoms with van der Waals surface area (Å²) in [6, 6.07) is 9.57. The number of nitrogens with one attached hydrogen (secondary N) is 1. The lowest BCUT2D eigenvalue weighted by Gasteiger charge is -2.31. The fraction of sp³-hybridized carbons (Fsp3) is 0.562. The Kier molecular flexibility index (Phi) is 7.72. The zero-order valence-corrected chi connectivity index (χ0v) is 13.3. The van der Waals surface area contributed by atoms with Crippen LogP contribution in [0.5, 0.6) is 0 Å². The second kappa shape index (κ2) is 9.03. The van der Waals surface area contributed by atoms with Crippen molar-refractivity contribution >= 4 is 18.3 Å². The van der Waals surface area contributed by atoms with Crippen molar-refractivity contribution < 1.29 is 9.53 Å². The topological polar surface area (TPSA) is 64.3 Å². The predicted molar refractivity (Wildman–Crippen MR) is 86.4 cm³/mol. The molecule has 0 aliphatic heterocycles. The molecule has 2 rings (SSSR count). The molecule has 0 radical (unpaired) electrons. The number of amides is 1. The second-order valence-corrected chi connectivity index (χ2v) is 5.57. The molecule has 1 aromatic carbocycles. The zero-order valence-electron chi connectivity index (χ0n) is 12.5. The summed E-state index contributed by atoms with van der Waals surface area (Å²) in [4.78, 5) is 12.1. The van der Waals surface area contributed by atoms with Crippen LogP contribution in [0.25, 0.3) is 0 Å². The van der Waals surface area contributed by atoms with E-state index in [9.17, 15) is 4.79 Å². The Labute approximate surface area is 132 Å². The second-order valence-electron chi connectivity index (χ2n) is 5.57. The summed E-state index contributed by atoms with van der Waals surface area (Å²) in [5.74, 6) is 0.583. The van der Waals surface area contributed by atoms with Crippen LogP contribution in [-0.4, -0.2) is 25.7 Å². The molecule has 5 heteroatoms. The third kappa shape index (κ3) is 5.30. The SMILES string of the molecule is COCC(N)C(=O)NC(CC1CCC1)c1ccccc1.Cl. The summed E-state index contributed by atoms with van der Waals surface area (Å²) in [6.07, 6.45) is 4.84. The fourth-order valence-corrected chi connectivity index (χ4v) is 2.56. The van der Waals surface area contributed by atoms with Crippen LogP contribution in [-0.2, 0) is 9.53 Å². The maximum absolute atomic E-state index is 12.1. The first-order chi connectivity index (χ1) is 9.70. The molecule has 1 fully saturated rings. The first-order valence-corrected chi connectivity index (χ1v) is 7.30. The molecule has 2 atom stereocenters. The summed E-state index contributed by atoms with van der Waals surface area (Å²) in [5.41, 5.74) is 6.94. The Balaban J connectivity index is 0.00000220. The molecule has 1 aliphatic rings. The molecule has 0 heterocycles. The lowest BCUT2D eigenvalue weighted by atomic mass is 9.79. The first-order valence-electron chi connectivity index (χ1n) is 7.30. The van der Waals surface area contributed by atoms with Crippen molar-refractivity contribution in [2.24, 2.45) is 11.7 Å².